The number of nitrogens with zero attached hydrogens (tertiary/aromatic N) is 3. The molecule has 6 nitrogen and oxygen atoms in total. The molecule has 0 aliphatic carbocycles. The molecule has 0 radical (unpaired) electrons. The van der Waals surface area contributed by atoms with Gasteiger partial charge in [0, 0.05) is 43.7 Å². The van der Waals surface area contributed by atoms with Crippen molar-refractivity contribution in [3.05, 3.63) is 92.3 Å². The van der Waals surface area contributed by atoms with Crippen LogP contribution in [0.3, 0.4) is 0 Å². The van der Waals surface area contributed by atoms with Gasteiger partial charge in [0.15, 0.2) is 5.43 Å². The molecule has 0 amide bonds. The summed E-state index contributed by atoms with van der Waals surface area (Å²) < 4.78 is 7.84. The highest BCUT2D eigenvalue weighted by Gasteiger charge is 2.19. The topological polar surface area (TPSA) is 68.3 Å². The van der Waals surface area contributed by atoms with E-state index in [9.17, 15) is 9.59 Å². The summed E-state index contributed by atoms with van der Waals surface area (Å²) in [6.07, 6.45) is 5.25. The minimum Gasteiger partial charge on any atom is -0.464 e. The quantitative estimate of drug-likeness (QED) is 0.490. The Hall–Kier alpha value is -3.51. The van der Waals surface area contributed by atoms with Crippen molar-refractivity contribution in [2.75, 3.05) is 13.1 Å². The predicted molar refractivity (Wildman–Crippen MR) is 127 cm³/mol. The van der Waals surface area contributed by atoms with E-state index in [1.165, 1.54) is 0 Å². The summed E-state index contributed by atoms with van der Waals surface area (Å²) in [5.74, 6) is 0.777. The predicted octanol–water partition coefficient (Wildman–Crippen LogP) is 4.12. The lowest BCUT2D eigenvalue weighted by atomic mass is 10.1. The lowest BCUT2D eigenvalue weighted by molar-refractivity contribution is 0.288. The minimum absolute atomic E-state index is 0.0357. The minimum atomic E-state index is -0.176. The summed E-state index contributed by atoms with van der Waals surface area (Å²) in [6.45, 7) is 6.05. The molecule has 0 N–H and O–H groups in total. The third kappa shape index (κ3) is 3.56. The molecule has 0 unspecified atom stereocenters. The van der Waals surface area contributed by atoms with Crippen LogP contribution in [0.25, 0.3) is 27.6 Å². The highest BCUT2D eigenvalue weighted by molar-refractivity contribution is 5.81. The van der Waals surface area contributed by atoms with Crippen molar-refractivity contribution in [1.82, 2.24) is 14.5 Å². The fraction of sp³-hybridized carbons (Fsp3) is 0.269. The summed E-state index contributed by atoms with van der Waals surface area (Å²) in [6, 6.07) is 13.3. The Bertz CT molecular complexity index is 1480. The number of benzene rings is 2. The van der Waals surface area contributed by atoms with Crippen LogP contribution in [0.15, 0.2) is 68.8 Å². The number of hydrogen-bond donors (Lipinski definition) is 0. The first kappa shape index (κ1) is 20.4. The molecule has 162 valence electrons. The van der Waals surface area contributed by atoms with Gasteiger partial charge in [-0.2, -0.15) is 4.98 Å². The van der Waals surface area contributed by atoms with Crippen LogP contribution in [0.5, 0.6) is 0 Å². The zero-order chi connectivity index (χ0) is 22.2. The molecule has 0 fully saturated rings. The van der Waals surface area contributed by atoms with Gasteiger partial charge in [0.2, 0.25) is 0 Å². The number of hydrogen-bond acceptors (Lipinski definition) is 5. The number of para-hydroxylation sites is 1. The van der Waals surface area contributed by atoms with E-state index >= 15 is 0 Å². The second-order valence-corrected chi connectivity index (χ2v) is 8.31. The Kier molecular flexibility index (Phi) is 5.23. The number of aromatic nitrogens is 2. The molecule has 0 atom stereocenters. The molecule has 0 saturated carbocycles. The van der Waals surface area contributed by atoms with E-state index in [1.807, 2.05) is 56.3 Å². The van der Waals surface area contributed by atoms with Crippen LogP contribution in [0.2, 0.25) is 0 Å². The summed E-state index contributed by atoms with van der Waals surface area (Å²) in [4.78, 5) is 31.9. The molecule has 32 heavy (non-hydrogen) atoms. The zero-order valence-electron chi connectivity index (χ0n) is 18.3. The zero-order valence-corrected chi connectivity index (χ0v) is 18.3. The highest BCUT2D eigenvalue weighted by Crippen LogP contribution is 2.24. The number of fused-ring (bicyclic) bond motifs is 2. The van der Waals surface area contributed by atoms with Gasteiger partial charge in [-0.1, -0.05) is 36.8 Å². The molecule has 1 aliphatic heterocycles. The van der Waals surface area contributed by atoms with Gasteiger partial charge >= 0.3 is 0 Å². The van der Waals surface area contributed by atoms with Crippen LogP contribution in [0, 0.1) is 6.92 Å². The molecule has 0 bridgehead atoms. The van der Waals surface area contributed by atoms with E-state index in [0.29, 0.717) is 41.4 Å². The van der Waals surface area contributed by atoms with Crippen molar-refractivity contribution in [3.8, 4) is 0 Å². The maximum atomic E-state index is 13.0. The van der Waals surface area contributed by atoms with Crippen molar-refractivity contribution in [2.45, 2.75) is 33.2 Å². The Morgan fingerprint density at radius 2 is 1.94 bits per heavy atom. The van der Waals surface area contributed by atoms with Crippen LogP contribution < -0.4 is 11.0 Å². The van der Waals surface area contributed by atoms with E-state index in [-0.39, 0.29) is 11.0 Å². The molecule has 2 aromatic carbocycles. The maximum Gasteiger partial charge on any atom is 0.280 e. The largest absolute Gasteiger partial charge is 0.464 e. The second-order valence-electron chi connectivity index (χ2n) is 8.31. The van der Waals surface area contributed by atoms with E-state index in [2.05, 4.69) is 20.5 Å². The van der Waals surface area contributed by atoms with Gasteiger partial charge in [-0.15, -0.1) is 0 Å². The van der Waals surface area contributed by atoms with Gasteiger partial charge in [-0.3, -0.25) is 14.5 Å². The van der Waals surface area contributed by atoms with E-state index in [1.54, 1.807) is 6.26 Å². The first-order valence-electron chi connectivity index (χ1n) is 11.0. The normalized spacial score (nSPS) is 14.8. The van der Waals surface area contributed by atoms with E-state index in [4.69, 9.17) is 4.42 Å². The van der Waals surface area contributed by atoms with Crippen LogP contribution >= 0.6 is 0 Å². The molecule has 6 heteroatoms. The number of aryl methyl sites for hydroxylation is 2. The third-order valence-electron chi connectivity index (χ3n) is 6.13. The average molecular weight is 428 g/mol. The molecular weight excluding hydrogens is 402 g/mol. The molecule has 3 heterocycles. The Morgan fingerprint density at radius 1 is 1.09 bits per heavy atom. The monoisotopic (exact) mass is 427 g/mol. The summed E-state index contributed by atoms with van der Waals surface area (Å²) >= 11 is 0. The Morgan fingerprint density at radius 3 is 2.72 bits per heavy atom. The Labute approximate surface area is 185 Å². The summed E-state index contributed by atoms with van der Waals surface area (Å²) in [7, 11) is 0. The van der Waals surface area contributed by atoms with Crippen LogP contribution in [0.4, 0.5) is 0 Å². The van der Waals surface area contributed by atoms with E-state index in [0.717, 1.165) is 35.6 Å². The summed E-state index contributed by atoms with van der Waals surface area (Å²) in [5, 5.41) is 1.27. The summed E-state index contributed by atoms with van der Waals surface area (Å²) in [5.41, 5.74) is 4.23. The maximum absolute atomic E-state index is 13.0. The highest BCUT2D eigenvalue weighted by atomic mass is 16.3. The Balaban J connectivity index is 1.45. The van der Waals surface area contributed by atoms with Crippen LogP contribution in [-0.4, -0.2) is 27.5 Å². The van der Waals surface area contributed by atoms with Crippen molar-refractivity contribution < 1.29 is 4.42 Å². The van der Waals surface area contributed by atoms with Gasteiger partial charge in [0.05, 0.1) is 22.6 Å². The lowest BCUT2D eigenvalue weighted by Crippen LogP contribution is -2.31. The van der Waals surface area contributed by atoms with Crippen LogP contribution in [0.1, 0.15) is 30.3 Å². The third-order valence-corrected chi connectivity index (χ3v) is 6.13. The van der Waals surface area contributed by atoms with Crippen molar-refractivity contribution in [1.29, 1.82) is 0 Å². The van der Waals surface area contributed by atoms with Gasteiger partial charge < -0.3 is 8.98 Å². The molecule has 0 saturated heterocycles. The molecule has 1 aliphatic rings. The van der Waals surface area contributed by atoms with Crippen molar-refractivity contribution in [3.63, 3.8) is 0 Å². The number of rotatable bonds is 4. The van der Waals surface area contributed by atoms with Gasteiger partial charge in [0.25, 0.3) is 5.56 Å². The lowest BCUT2D eigenvalue weighted by Gasteiger charge is -2.28. The average Bonchev–Trinajstić information content (AvgIpc) is 2.82. The smallest absolute Gasteiger partial charge is 0.280 e. The molecular formula is C26H25N3O3. The van der Waals surface area contributed by atoms with Crippen molar-refractivity contribution in [2.24, 2.45) is 0 Å². The SMILES string of the molecule is CCc1nc(=O)c2ccccc2n1C1=CCN(Cc2coc3ccc(C)cc3c2=O)CC1. The van der Waals surface area contributed by atoms with Crippen LogP contribution in [-0.2, 0) is 13.0 Å². The molecule has 2 aromatic heterocycles. The van der Waals surface area contributed by atoms with E-state index < -0.39 is 0 Å². The van der Waals surface area contributed by atoms with Gasteiger partial charge in [0.1, 0.15) is 11.4 Å². The van der Waals surface area contributed by atoms with Crippen molar-refractivity contribution >= 4 is 27.6 Å². The molecule has 5 rings (SSSR count). The van der Waals surface area contributed by atoms with Gasteiger partial charge in [-0.05, 0) is 31.2 Å². The second kappa shape index (κ2) is 8.20. The molecule has 4 aromatic rings. The fourth-order valence-corrected chi connectivity index (χ4v) is 4.46. The first-order valence-corrected chi connectivity index (χ1v) is 11.0. The molecule has 0 spiro atoms. The van der Waals surface area contributed by atoms with Gasteiger partial charge in [-0.25, -0.2) is 0 Å². The standard InChI is InChI=1S/C26H25N3O3/c1-3-24-27-26(31)20-6-4-5-7-22(20)29(24)19-10-12-28(13-11-19)15-18-16-32-23-9-8-17(2)14-21(23)25(18)30/h4-10,14,16H,3,11-13,15H2,1-2H3. The first-order chi connectivity index (χ1) is 15.5. The fourth-order valence-electron chi connectivity index (χ4n) is 4.46.